The van der Waals surface area contributed by atoms with Gasteiger partial charge in [-0.1, -0.05) is 53.7 Å². The fourth-order valence-electron chi connectivity index (χ4n) is 5.39. The lowest BCUT2D eigenvalue weighted by molar-refractivity contribution is 0.0853. The highest BCUT2D eigenvalue weighted by molar-refractivity contribution is 6.74. The van der Waals surface area contributed by atoms with E-state index in [-0.39, 0.29) is 29.1 Å². The number of halogens is 2. The molecule has 2 aliphatic rings. The van der Waals surface area contributed by atoms with Crippen LogP contribution in [0.5, 0.6) is 5.75 Å². The lowest BCUT2D eigenvalue weighted by Crippen LogP contribution is -2.48. The van der Waals surface area contributed by atoms with Crippen LogP contribution in [0, 0.1) is 18.8 Å². The monoisotopic (exact) mass is 646 g/mol. The summed E-state index contributed by atoms with van der Waals surface area (Å²) >= 11 is 0. The first kappa shape index (κ1) is 35.5. The van der Waals surface area contributed by atoms with Crippen LogP contribution >= 0.6 is 0 Å². The molecule has 45 heavy (non-hydrogen) atoms. The fraction of sp³-hybridized carbons (Fsp3) is 0.676. The molecule has 3 heterocycles. The second-order valence-electron chi connectivity index (χ2n) is 15.0. The number of anilines is 2. The third kappa shape index (κ3) is 10.1. The van der Waals surface area contributed by atoms with Crippen LogP contribution in [0.1, 0.15) is 53.5 Å². The number of nitrogens with one attached hydrogen (secondary N) is 1. The van der Waals surface area contributed by atoms with Crippen molar-refractivity contribution in [2.75, 3.05) is 62.8 Å². The van der Waals surface area contributed by atoms with Gasteiger partial charge in [0, 0.05) is 43.9 Å². The first-order valence-electron chi connectivity index (χ1n) is 16.3. The number of rotatable bonds is 12. The average molecular weight is 647 g/mol. The molecule has 0 amide bonds. The lowest BCUT2D eigenvalue weighted by atomic mass is 9.89. The van der Waals surface area contributed by atoms with Crippen LogP contribution in [0.3, 0.4) is 0 Å². The van der Waals surface area contributed by atoms with Crippen LogP contribution in [-0.2, 0) is 9.16 Å². The predicted molar refractivity (Wildman–Crippen MR) is 181 cm³/mol. The molecule has 0 aliphatic carbocycles. The molecule has 2 aromatic rings. The van der Waals surface area contributed by atoms with Crippen molar-refractivity contribution in [1.29, 1.82) is 0 Å². The highest BCUT2D eigenvalue weighted by atomic mass is 28.4. The first-order valence-corrected chi connectivity index (χ1v) is 19.2. The number of benzene rings is 1. The summed E-state index contributed by atoms with van der Waals surface area (Å²) in [4.78, 5) is 14.0. The van der Waals surface area contributed by atoms with Crippen LogP contribution in [0.25, 0.3) is 11.4 Å². The van der Waals surface area contributed by atoms with Gasteiger partial charge in [0.15, 0.2) is 14.1 Å². The van der Waals surface area contributed by atoms with Gasteiger partial charge in [0.1, 0.15) is 24.0 Å². The van der Waals surface area contributed by atoms with Crippen molar-refractivity contribution in [2.24, 2.45) is 5.41 Å². The summed E-state index contributed by atoms with van der Waals surface area (Å²) in [5.41, 5.74) is 1.77. The van der Waals surface area contributed by atoms with E-state index in [0.29, 0.717) is 45.2 Å². The van der Waals surface area contributed by atoms with Gasteiger partial charge in [-0.25, -0.2) is 18.7 Å². The Morgan fingerprint density at radius 3 is 2.40 bits per heavy atom. The van der Waals surface area contributed by atoms with Crippen molar-refractivity contribution in [3.8, 4) is 17.1 Å². The Kier molecular flexibility index (Phi) is 11.5. The summed E-state index contributed by atoms with van der Waals surface area (Å²) in [7, 11) is -2.02. The van der Waals surface area contributed by atoms with Gasteiger partial charge < -0.3 is 24.1 Å². The Labute approximate surface area is 270 Å². The van der Waals surface area contributed by atoms with Crippen LogP contribution in [0.4, 0.5) is 20.4 Å². The summed E-state index contributed by atoms with van der Waals surface area (Å²) in [6.07, 6.45) is 0.680. The predicted octanol–water partition coefficient (Wildman–Crippen LogP) is 7.06. The zero-order valence-corrected chi connectivity index (χ0v) is 29.8. The van der Waals surface area contributed by atoms with Crippen LogP contribution < -0.4 is 15.0 Å². The van der Waals surface area contributed by atoms with Gasteiger partial charge in [-0.05, 0) is 55.4 Å². The summed E-state index contributed by atoms with van der Waals surface area (Å²) < 4.78 is 44.8. The van der Waals surface area contributed by atoms with Gasteiger partial charge in [-0.15, -0.1) is 0 Å². The second kappa shape index (κ2) is 14.6. The lowest BCUT2D eigenvalue weighted by Gasteiger charge is -2.40. The number of piperazine rings is 1. The van der Waals surface area contributed by atoms with Gasteiger partial charge in [0.05, 0.1) is 25.3 Å². The number of aromatic nitrogens is 2. The quantitative estimate of drug-likeness (QED) is 0.246. The van der Waals surface area contributed by atoms with E-state index in [9.17, 15) is 8.78 Å². The molecule has 2 aliphatic heterocycles. The number of nitrogens with zero attached hydrogens (tertiary/aromatic N) is 4. The van der Waals surface area contributed by atoms with Gasteiger partial charge in [0.25, 0.3) is 6.43 Å². The Hall–Kier alpha value is -2.34. The maximum atomic E-state index is 13.0. The van der Waals surface area contributed by atoms with Crippen molar-refractivity contribution in [2.45, 2.75) is 91.6 Å². The van der Waals surface area contributed by atoms with Crippen molar-refractivity contribution >= 4 is 20.0 Å². The fourth-order valence-corrected chi connectivity index (χ4v) is 6.64. The molecule has 2 saturated heterocycles. The molecule has 11 heteroatoms. The SMILES string of the molecule is Cc1c(N[C@@H]2CCOC2)nc(-c2cccc(OCC([CH]C(C)(C)C)O[Si](C)(C)C(C)(C)C)c2)nc1N1CCN(CC(F)F)CC1. The average Bonchev–Trinajstić information content (AvgIpc) is 3.45. The number of alkyl halides is 2. The Morgan fingerprint density at radius 1 is 1.09 bits per heavy atom. The topological polar surface area (TPSA) is 72.0 Å². The highest BCUT2D eigenvalue weighted by Crippen LogP contribution is 2.39. The Morgan fingerprint density at radius 2 is 1.80 bits per heavy atom. The minimum atomic E-state index is -2.33. The number of ether oxygens (including phenoxy) is 2. The number of hydrogen-bond acceptors (Lipinski definition) is 8. The molecule has 251 valence electrons. The van der Waals surface area contributed by atoms with Crippen LogP contribution in [0.2, 0.25) is 18.1 Å². The zero-order valence-electron chi connectivity index (χ0n) is 28.8. The highest BCUT2D eigenvalue weighted by Gasteiger charge is 2.40. The third-order valence-corrected chi connectivity index (χ3v) is 13.4. The molecule has 0 bridgehead atoms. The van der Waals surface area contributed by atoms with E-state index < -0.39 is 14.7 Å². The molecule has 4 rings (SSSR count). The zero-order chi connectivity index (χ0) is 33.0. The smallest absolute Gasteiger partial charge is 0.251 e. The molecule has 1 unspecified atom stereocenters. The van der Waals surface area contributed by atoms with Gasteiger partial charge in [-0.2, -0.15) is 0 Å². The molecule has 2 fully saturated rings. The van der Waals surface area contributed by atoms with Gasteiger partial charge in [-0.3, -0.25) is 4.90 Å². The van der Waals surface area contributed by atoms with E-state index in [1.54, 1.807) is 0 Å². The van der Waals surface area contributed by atoms with Crippen molar-refractivity contribution in [3.63, 3.8) is 0 Å². The van der Waals surface area contributed by atoms with E-state index in [0.717, 1.165) is 41.5 Å². The van der Waals surface area contributed by atoms with E-state index in [2.05, 4.69) is 71.3 Å². The molecule has 1 radical (unpaired) electrons. The van der Waals surface area contributed by atoms with E-state index >= 15 is 0 Å². The Bertz CT molecular complexity index is 1250. The molecule has 1 aromatic heterocycles. The van der Waals surface area contributed by atoms with Crippen molar-refractivity contribution in [1.82, 2.24) is 14.9 Å². The van der Waals surface area contributed by atoms with Crippen molar-refractivity contribution in [3.05, 3.63) is 36.2 Å². The molecule has 8 nitrogen and oxygen atoms in total. The molecular weight excluding hydrogens is 592 g/mol. The normalized spacial score (nSPS) is 19.3. The van der Waals surface area contributed by atoms with Gasteiger partial charge >= 0.3 is 0 Å². The molecule has 1 aromatic carbocycles. The standard InChI is InChI=1S/C34H54F2N5O3Si/c1-24-30(37-26-13-18-42-22-26)38-31(39-32(24)41-16-14-40(15-17-41)21-29(35)36)25-11-10-12-27(19-25)43-23-28(20-33(2,3)4)44-45(8,9)34(5,6)7/h10-12,19-20,26,28-29H,13-18,21-23H2,1-9H3,(H,37,38,39)/t26-,28?/m1/s1. The van der Waals surface area contributed by atoms with E-state index in [1.165, 1.54) is 0 Å². The third-order valence-electron chi connectivity index (χ3n) is 8.90. The van der Waals surface area contributed by atoms with E-state index in [1.807, 2.05) is 36.1 Å². The van der Waals surface area contributed by atoms with Crippen LogP contribution in [0.15, 0.2) is 24.3 Å². The Balaban J connectivity index is 1.58. The van der Waals surface area contributed by atoms with Crippen molar-refractivity contribution < 1.29 is 22.7 Å². The molecule has 0 spiro atoms. The van der Waals surface area contributed by atoms with E-state index in [4.69, 9.17) is 23.9 Å². The second-order valence-corrected chi connectivity index (χ2v) is 19.8. The summed E-state index contributed by atoms with van der Waals surface area (Å²) in [6.45, 7) is 23.8. The minimum Gasteiger partial charge on any atom is -0.491 e. The maximum Gasteiger partial charge on any atom is 0.251 e. The summed E-state index contributed by atoms with van der Waals surface area (Å²) in [5.74, 6) is 2.91. The minimum absolute atomic E-state index is 0.0247. The molecule has 1 N–H and O–H groups in total. The number of hydrogen-bond donors (Lipinski definition) is 1. The van der Waals surface area contributed by atoms with Gasteiger partial charge in [0.2, 0.25) is 0 Å². The largest absolute Gasteiger partial charge is 0.491 e. The first-order chi connectivity index (χ1) is 21.0. The molecular formula is C34H54F2N5O3Si. The molecule has 0 saturated carbocycles. The molecule has 2 atom stereocenters. The maximum absolute atomic E-state index is 13.0. The summed E-state index contributed by atoms with van der Waals surface area (Å²) in [6, 6.07) is 8.07. The van der Waals surface area contributed by atoms with Crippen LogP contribution in [-0.4, -0.2) is 94.3 Å². The summed E-state index contributed by atoms with van der Waals surface area (Å²) in [5, 5.41) is 3.67.